The minimum Gasteiger partial charge on any atom is -0.487 e. The first kappa shape index (κ1) is 13.6. The normalized spacial score (nSPS) is 10.4. The highest BCUT2D eigenvalue weighted by molar-refractivity contribution is 5.33. The van der Waals surface area contributed by atoms with Gasteiger partial charge in [-0.3, -0.25) is 4.98 Å². The van der Waals surface area contributed by atoms with Crippen molar-refractivity contribution in [1.29, 1.82) is 0 Å². The van der Waals surface area contributed by atoms with Crippen molar-refractivity contribution in [2.75, 3.05) is 7.05 Å². The Bertz CT molecular complexity index is 526. The van der Waals surface area contributed by atoms with E-state index in [9.17, 15) is 0 Å². The molecule has 3 nitrogen and oxygen atoms in total. The van der Waals surface area contributed by atoms with E-state index < -0.39 is 0 Å². The summed E-state index contributed by atoms with van der Waals surface area (Å²) in [5, 5.41) is 3.10. The number of benzene rings is 1. The van der Waals surface area contributed by atoms with Crippen molar-refractivity contribution < 1.29 is 4.74 Å². The zero-order valence-corrected chi connectivity index (χ0v) is 11.5. The summed E-state index contributed by atoms with van der Waals surface area (Å²) in [5.74, 6) is 0.950. The number of aryl methyl sites for hydroxylation is 1. The van der Waals surface area contributed by atoms with E-state index in [1.807, 2.05) is 43.4 Å². The third-order valence-electron chi connectivity index (χ3n) is 2.95. The number of ether oxygens (including phenoxy) is 1. The van der Waals surface area contributed by atoms with Gasteiger partial charge >= 0.3 is 0 Å². The Kier molecular flexibility index (Phi) is 4.93. The number of nitrogens with zero attached hydrogens (tertiary/aromatic N) is 1. The standard InChI is InChI=1S/C16H20N2O/c1-3-13-7-4-5-10-16(13)19-12-15-9-6-8-14(18-15)11-17-2/h4-10,17H,3,11-12H2,1-2H3. The zero-order valence-electron chi connectivity index (χ0n) is 11.5. The molecule has 0 aliphatic heterocycles. The molecule has 2 rings (SSSR count). The molecule has 0 amide bonds. The first-order valence-electron chi connectivity index (χ1n) is 6.63. The molecule has 0 aliphatic rings. The monoisotopic (exact) mass is 256 g/mol. The maximum atomic E-state index is 5.86. The molecule has 0 bridgehead atoms. The molecule has 1 aromatic carbocycles. The number of rotatable bonds is 6. The molecule has 0 aliphatic carbocycles. The largest absolute Gasteiger partial charge is 0.487 e. The summed E-state index contributed by atoms with van der Waals surface area (Å²) in [6.07, 6.45) is 0.976. The summed E-state index contributed by atoms with van der Waals surface area (Å²) in [5.41, 5.74) is 3.22. The van der Waals surface area contributed by atoms with Gasteiger partial charge in [0.1, 0.15) is 12.4 Å². The Morgan fingerprint density at radius 3 is 2.63 bits per heavy atom. The molecule has 0 saturated heterocycles. The molecule has 19 heavy (non-hydrogen) atoms. The summed E-state index contributed by atoms with van der Waals surface area (Å²) >= 11 is 0. The molecule has 0 radical (unpaired) electrons. The van der Waals surface area contributed by atoms with Crippen LogP contribution in [-0.4, -0.2) is 12.0 Å². The smallest absolute Gasteiger partial charge is 0.130 e. The van der Waals surface area contributed by atoms with Gasteiger partial charge in [-0.25, -0.2) is 0 Å². The highest BCUT2D eigenvalue weighted by atomic mass is 16.5. The summed E-state index contributed by atoms with van der Waals surface area (Å²) in [7, 11) is 1.92. The molecular weight excluding hydrogens is 236 g/mol. The highest BCUT2D eigenvalue weighted by Crippen LogP contribution is 2.19. The van der Waals surface area contributed by atoms with Gasteiger partial charge in [0.15, 0.2) is 0 Å². The van der Waals surface area contributed by atoms with Crippen LogP contribution in [0.15, 0.2) is 42.5 Å². The van der Waals surface area contributed by atoms with E-state index in [0.717, 1.165) is 30.1 Å². The Hall–Kier alpha value is -1.87. The quantitative estimate of drug-likeness (QED) is 0.863. The van der Waals surface area contributed by atoms with E-state index in [-0.39, 0.29) is 0 Å². The minimum atomic E-state index is 0.508. The van der Waals surface area contributed by atoms with E-state index in [1.165, 1.54) is 5.56 Å². The van der Waals surface area contributed by atoms with Crippen molar-refractivity contribution in [2.45, 2.75) is 26.5 Å². The molecule has 100 valence electrons. The predicted molar refractivity (Wildman–Crippen MR) is 77.2 cm³/mol. The van der Waals surface area contributed by atoms with Crippen LogP contribution in [0.1, 0.15) is 23.9 Å². The van der Waals surface area contributed by atoms with Gasteiger partial charge in [-0.1, -0.05) is 31.2 Å². The van der Waals surface area contributed by atoms with Crippen LogP contribution in [0.5, 0.6) is 5.75 Å². The van der Waals surface area contributed by atoms with Gasteiger partial charge in [0.25, 0.3) is 0 Å². The van der Waals surface area contributed by atoms with Gasteiger partial charge in [-0.2, -0.15) is 0 Å². The maximum absolute atomic E-state index is 5.86. The lowest BCUT2D eigenvalue weighted by Crippen LogP contribution is -2.08. The van der Waals surface area contributed by atoms with Gasteiger partial charge < -0.3 is 10.1 Å². The van der Waals surface area contributed by atoms with E-state index in [4.69, 9.17) is 4.74 Å². The first-order chi connectivity index (χ1) is 9.33. The van der Waals surface area contributed by atoms with E-state index in [1.54, 1.807) is 0 Å². The molecule has 0 atom stereocenters. The average Bonchev–Trinajstić information content (AvgIpc) is 2.46. The number of aromatic nitrogens is 1. The number of nitrogens with one attached hydrogen (secondary N) is 1. The summed E-state index contributed by atoms with van der Waals surface area (Å²) in [6.45, 7) is 3.42. The van der Waals surface area contributed by atoms with Crippen LogP contribution in [0.4, 0.5) is 0 Å². The minimum absolute atomic E-state index is 0.508. The molecule has 0 saturated carbocycles. The fourth-order valence-electron chi connectivity index (χ4n) is 1.98. The molecule has 1 heterocycles. The third kappa shape index (κ3) is 3.80. The van der Waals surface area contributed by atoms with Crippen molar-refractivity contribution in [3.05, 3.63) is 59.4 Å². The van der Waals surface area contributed by atoms with Crippen LogP contribution < -0.4 is 10.1 Å². The molecule has 1 aromatic heterocycles. The molecule has 1 N–H and O–H groups in total. The Balaban J connectivity index is 2.03. The van der Waals surface area contributed by atoms with Crippen molar-refractivity contribution in [2.24, 2.45) is 0 Å². The molecule has 2 aromatic rings. The lowest BCUT2D eigenvalue weighted by molar-refractivity contribution is 0.298. The summed E-state index contributed by atoms with van der Waals surface area (Å²) < 4.78 is 5.86. The van der Waals surface area contributed by atoms with Crippen molar-refractivity contribution >= 4 is 0 Å². The Morgan fingerprint density at radius 2 is 1.84 bits per heavy atom. The lowest BCUT2D eigenvalue weighted by Gasteiger charge is -2.10. The van der Waals surface area contributed by atoms with E-state index in [0.29, 0.717) is 6.61 Å². The van der Waals surface area contributed by atoms with Gasteiger partial charge in [0.2, 0.25) is 0 Å². The van der Waals surface area contributed by atoms with Gasteiger partial charge in [0, 0.05) is 6.54 Å². The van der Waals surface area contributed by atoms with E-state index >= 15 is 0 Å². The SMILES string of the molecule is CCc1ccccc1OCc1cccc(CNC)n1. The van der Waals surface area contributed by atoms with Crippen molar-refractivity contribution in [3.63, 3.8) is 0 Å². The molecule has 3 heteroatoms. The fourth-order valence-corrected chi connectivity index (χ4v) is 1.98. The van der Waals surface area contributed by atoms with Gasteiger partial charge in [-0.05, 0) is 37.2 Å². The van der Waals surface area contributed by atoms with Crippen molar-refractivity contribution in [1.82, 2.24) is 10.3 Å². The van der Waals surface area contributed by atoms with Gasteiger partial charge in [-0.15, -0.1) is 0 Å². The number of hydrogen-bond acceptors (Lipinski definition) is 3. The number of pyridine rings is 1. The average molecular weight is 256 g/mol. The highest BCUT2D eigenvalue weighted by Gasteiger charge is 2.02. The van der Waals surface area contributed by atoms with Gasteiger partial charge in [0.05, 0.1) is 11.4 Å². The molecule has 0 spiro atoms. The second-order valence-corrected chi connectivity index (χ2v) is 4.40. The topological polar surface area (TPSA) is 34.1 Å². The molecule has 0 fully saturated rings. The molecule has 0 unspecified atom stereocenters. The number of hydrogen-bond donors (Lipinski definition) is 1. The van der Waals surface area contributed by atoms with Crippen LogP contribution in [0.25, 0.3) is 0 Å². The Morgan fingerprint density at radius 1 is 1.05 bits per heavy atom. The van der Waals surface area contributed by atoms with Crippen LogP contribution in [-0.2, 0) is 19.6 Å². The van der Waals surface area contributed by atoms with Crippen LogP contribution in [0, 0.1) is 0 Å². The Labute approximate surface area is 114 Å². The third-order valence-corrected chi connectivity index (χ3v) is 2.95. The van der Waals surface area contributed by atoms with Crippen molar-refractivity contribution in [3.8, 4) is 5.75 Å². The fraction of sp³-hybridized carbons (Fsp3) is 0.312. The zero-order chi connectivity index (χ0) is 13.5. The predicted octanol–water partition coefficient (Wildman–Crippen LogP) is 2.94. The molecular formula is C16H20N2O. The number of para-hydroxylation sites is 1. The summed E-state index contributed by atoms with van der Waals surface area (Å²) in [4.78, 5) is 4.55. The van der Waals surface area contributed by atoms with E-state index in [2.05, 4.69) is 23.3 Å². The lowest BCUT2D eigenvalue weighted by atomic mass is 10.1. The second-order valence-electron chi connectivity index (χ2n) is 4.40. The maximum Gasteiger partial charge on any atom is 0.130 e. The summed E-state index contributed by atoms with van der Waals surface area (Å²) in [6, 6.07) is 14.2. The van der Waals surface area contributed by atoms with Crippen LogP contribution in [0.3, 0.4) is 0 Å². The first-order valence-corrected chi connectivity index (χ1v) is 6.63. The van der Waals surface area contributed by atoms with Crippen LogP contribution >= 0.6 is 0 Å². The van der Waals surface area contributed by atoms with Crippen LogP contribution in [0.2, 0.25) is 0 Å². The second kappa shape index (κ2) is 6.90.